The highest BCUT2D eigenvalue weighted by atomic mass is 19.1. The largest absolute Gasteiger partial charge is 0.349 e. The Labute approximate surface area is 150 Å². The number of hydrogen-bond acceptors (Lipinski definition) is 3. The zero-order valence-corrected chi connectivity index (χ0v) is 14.3. The minimum absolute atomic E-state index is 0.205. The molecule has 0 spiro atoms. The molecule has 1 aliphatic heterocycles. The van der Waals surface area contributed by atoms with Gasteiger partial charge in [-0.05, 0) is 31.2 Å². The number of carbonyl (C=O) groups is 3. The van der Waals surface area contributed by atoms with E-state index < -0.39 is 18.0 Å². The minimum Gasteiger partial charge on any atom is -0.349 e. The Morgan fingerprint density at radius 1 is 1.19 bits per heavy atom. The lowest BCUT2D eigenvalue weighted by molar-refractivity contribution is -0.140. The van der Waals surface area contributed by atoms with E-state index in [0.717, 1.165) is 25.7 Å². The molecule has 3 aliphatic rings. The van der Waals surface area contributed by atoms with Crippen molar-refractivity contribution in [3.8, 4) is 0 Å². The van der Waals surface area contributed by atoms with E-state index in [1.54, 1.807) is 18.2 Å². The second-order valence-electron chi connectivity index (χ2n) is 7.49. The van der Waals surface area contributed by atoms with Gasteiger partial charge < -0.3 is 10.6 Å². The highest BCUT2D eigenvalue weighted by Gasteiger charge is 2.52. The number of nitrogens with one attached hydrogen (secondary N) is 3. The Hall–Kier alpha value is -2.44. The molecule has 1 heterocycles. The van der Waals surface area contributed by atoms with Gasteiger partial charge in [0.05, 0.1) is 23.9 Å². The Bertz CT molecular complexity index is 747. The SMILES string of the molecule is O=C1NC(=O)C2C[C@H](C(=O)NC(c3ccccc3F)C3CCCC3)C2N1. The maximum atomic E-state index is 14.4. The lowest BCUT2D eigenvalue weighted by Crippen LogP contribution is -2.69. The summed E-state index contributed by atoms with van der Waals surface area (Å²) >= 11 is 0. The van der Waals surface area contributed by atoms with E-state index in [4.69, 9.17) is 0 Å². The monoisotopic (exact) mass is 359 g/mol. The molecular formula is C19H22FN3O3. The van der Waals surface area contributed by atoms with E-state index in [1.807, 2.05) is 0 Å². The number of amides is 4. The molecule has 4 atom stereocenters. The third kappa shape index (κ3) is 2.95. The van der Waals surface area contributed by atoms with Crippen LogP contribution in [0.1, 0.15) is 43.7 Å². The van der Waals surface area contributed by atoms with Crippen LogP contribution in [-0.4, -0.2) is 23.9 Å². The summed E-state index contributed by atoms with van der Waals surface area (Å²) in [5.41, 5.74) is 0.508. The number of urea groups is 1. The van der Waals surface area contributed by atoms with Crippen LogP contribution in [0.15, 0.2) is 24.3 Å². The first kappa shape index (κ1) is 17.0. The van der Waals surface area contributed by atoms with E-state index in [-0.39, 0.29) is 35.5 Å². The Balaban J connectivity index is 1.51. The fourth-order valence-electron chi connectivity index (χ4n) is 4.51. The van der Waals surface area contributed by atoms with Crippen LogP contribution < -0.4 is 16.0 Å². The van der Waals surface area contributed by atoms with E-state index >= 15 is 0 Å². The molecule has 3 unspecified atom stereocenters. The number of hydrogen-bond donors (Lipinski definition) is 3. The molecule has 1 aromatic carbocycles. The molecule has 1 saturated heterocycles. The average Bonchev–Trinajstić information content (AvgIpc) is 3.11. The van der Waals surface area contributed by atoms with Gasteiger partial charge in [0, 0.05) is 5.56 Å². The topological polar surface area (TPSA) is 87.3 Å². The minimum atomic E-state index is -0.560. The van der Waals surface area contributed by atoms with Crippen LogP contribution in [0.2, 0.25) is 0 Å². The zero-order chi connectivity index (χ0) is 18.3. The third-order valence-electron chi connectivity index (χ3n) is 5.99. The molecule has 138 valence electrons. The van der Waals surface area contributed by atoms with Crippen molar-refractivity contribution in [3.05, 3.63) is 35.6 Å². The van der Waals surface area contributed by atoms with Crippen LogP contribution in [0.4, 0.5) is 9.18 Å². The first-order valence-electron chi connectivity index (χ1n) is 9.21. The van der Waals surface area contributed by atoms with Crippen molar-refractivity contribution in [2.24, 2.45) is 17.8 Å². The average molecular weight is 359 g/mol. The van der Waals surface area contributed by atoms with Gasteiger partial charge in [0.2, 0.25) is 11.8 Å². The summed E-state index contributed by atoms with van der Waals surface area (Å²) in [7, 11) is 0. The van der Waals surface area contributed by atoms with Crippen molar-refractivity contribution in [3.63, 3.8) is 0 Å². The van der Waals surface area contributed by atoms with Crippen LogP contribution in [0.3, 0.4) is 0 Å². The highest BCUT2D eigenvalue weighted by molar-refractivity contribution is 6.01. The first-order chi connectivity index (χ1) is 12.5. The van der Waals surface area contributed by atoms with Gasteiger partial charge in [-0.3, -0.25) is 14.9 Å². The molecular weight excluding hydrogens is 337 g/mol. The Morgan fingerprint density at radius 3 is 2.65 bits per heavy atom. The number of fused-ring (bicyclic) bond motifs is 1. The Morgan fingerprint density at radius 2 is 1.92 bits per heavy atom. The van der Waals surface area contributed by atoms with Crippen molar-refractivity contribution in [2.45, 2.75) is 44.2 Å². The van der Waals surface area contributed by atoms with Gasteiger partial charge in [-0.1, -0.05) is 31.0 Å². The lowest BCUT2D eigenvalue weighted by atomic mass is 9.67. The summed E-state index contributed by atoms with van der Waals surface area (Å²) < 4.78 is 14.4. The zero-order valence-electron chi connectivity index (χ0n) is 14.3. The highest BCUT2D eigenvalue weighted by Crippen LogP contribution is 2.40. The fraction of sp³-hybridized carbons (Fsp3) is 0.526. The smallest absolute Gasteiger partial charge is 0.321 e. The summed E-state index contributed by atoms with van der Waals surface area (Å²) in [5.74, 6) is -1.48. The molecule has 0 radical (unpaired) electrons. The van der Waals surface area contributed by atoms with Crippen LogP contribution in [0, 0.1) is 23.6 Å². The van der Waals surface area contributed by atoms with Gasteiger partial charge in [-0.15, -0.1) is 0 Å². The molecule has 26 heavy (non-hydrogen) atoms. The second kappa shape index (κ2) is 6.70. The Kier molecular flexibility index (Phi) is 4.38. The van der Waals surface area contributed by atoms with E-state index in [1.165, 1.54) is 6.07 Å². The third-order valence-corrected chi connectivity index (χ3v) is 5.99. The predicted octanol–water partition coefficient (Wildman–Crippen LogP) is 2.02. The van der Waals surface area contributed by atoms with Crippen molar-refractivity contribution >= 4 is 17.8 Å². The fourth-order valence-corrected chi connectivity index (χ4v) is 4.51. The summed E-state index contributed by atoms with van der Waals surface area (Å²) in [5, 5.41) is 7.90. The summed E-state index contributed by atoms with van der Waals surface area (Å²) in [4.78, 5) is 36.1. The van der Waals surface area contributed by atoms with E-state index in [0.29, 0.717) is 12.0 Å². The summed E-state index contributed by atoms with van der Waals surface area (Å²) in [6, 6.07) is 5.14. The first-order valence-corrected chi connectivity index (χ1v) is 9.21. The van der Waals surface area contributed by atoms with Crippen molar-refractivity contribution in [2.75, 3.05) is 0 Å². The van der Waals surface area contributed by atoms with Crippen LogP contribution in [0.5, 0.6) is 0 Å². The number of benzene rings is 1. The molecule has 3 N–H and O–H groups in total. The van der Waals surface area contributed by atoms with E-state index in [2.05, 4.69) is 16.0 Å². The quantitative estimate of drug-likeness (QED) is 0.769. The van der Waals surface area contributed by atoms with Crippen LogP contribution in [-0.2, 0) is 9.59 Å². The predicted molar refractivity (Wildman–Crippen MR) is 91.3 cm³/mol. The molecule has 3 fully saturated rings. The normalized spacial score (nSPS) is 29.2. The lowest BCUT2D eigenvalue weighted by Gasteiger charge is -2.46. The van der Waals surface area contributed by atoms with Gasteiger partial charge in [-0.25, -0.2) is 9.18 Å². The number of halogens is 1. The standard InChI is InChI=1S/C19H22FN3O3/c20-14-8-4-3-7-11(14)15(10-5-1-2-6-10)21-17(24)12-9-13-16(12)22-19(26)23-18(13)25/h3-4,7-8,10,12-13,15-16H,1-2,5-6,9H2,(H,21,24)(H2,22,23,25,26)/t12-,13?,15?,16?/m0/s1. The molecule has 4 amide bonds. The maximum absolute atomic E-state index is 14.4. The second-order valence-corrected chi connectivity index (χ2v) is 7.49. The molecule has 0 aromatic heterocycles. The molecule has 2 saturated carbocycles. The molecule has 2 aliphatic carbocycles. The van der Waals surface area contributed by atoms with Crippen molar-refractivity contribution in [1.82, 2.24) is 16.0 Å². The van der Waals surface area contributed by atoms with Gasteiger partial charge in [0.15, 0.2) is 0 Å². The van der Waals surface area contributed by atoms with E-state index in [9.17, 15) is 18.8 Å². The summed E-state index contributed by atoms with van der Waals surface area (Å²) in [6.07, 6.45) is 4.47. The number of carbonyl (C=O) groups excluding carboxylic acids is 3. The van der Waals surface area contributed by atoms with Gasteiger partial charge in [-0.2, -0.15) is 0 Å². The molecule has 6 nitrogen and oxygen atoms in total. The molecule has 7 heteroatoms. The number of rotatable bonds is 4. The summed E-state index contributed by atoms with van der Waals surface area (Å²) in [6.45, 7) is 0. The van der Waals surface area contributed by atoms with Crippen molar-refractivity contribution in [1.29, 1.82) is 0 Å². The van der Waals surface area contributed by atoms with Crippen LogP contribution in [0.25, 0.3) is 0 Å². The van der Waals surface area contributed by atoms with Crippen LogP contribution >= 0.6 is 0 Å². The van der Waals surface area contributed by atoms with Gasteiger partial charge in [0.25, 0.3) is 0 Å². The molecule has 1 aromatic rings. The number of imide groups is 1. The van der Waals surface area contributed by atoms with Crippen molar-refractivity contribution < 1.29 is 18.8 Å². The molecule has 4 rings (SSSR count). The maximum Gasteiger partial charge on any atom is 0.321 e. The molecule has 0 bridgehead atoms. The van der Waals surface area contributed by atoms with Gasteiger partial charge >= 0.3 is 6.03 Å². The van der Waals surface area contributed by atoms with Gasteiger partial charge in [0.1, 0.15) is 5.82 Å².